The summed E-state index contributed by atoms with van der Waals surface area (Å²) in [4.78, 5) is 15.9. The van der Waals surface area contributed by atoms with Crippen LogP contribution in [-0.4, -0.2) is 26.3 Å². The van der Waals surface area contributed by atoms with E-state index in [0.717, 1.165) is 32.9 Å². The van der Waals surface area contributed by atoms with E-state index in [9.17, 15) is 4.79 Å². The second-order valence-corrected chi connectivity index (χ2v) is 8.19. The summed E-state index contributed by atoms with van der Waals surface area (Å²) in [5.74, 6) is 0.305. The second-order valence-electron chi connectivity index (χ2n) is 6.90. The molecule has 0 aliphatic rings. The van der Waals surface area contributed by atoms with Crippen LogP contribution in [-0.2, 0) is 4.79 Å². The highest BCUT2D eigenvalue weighted by atomic mass is 32.2. The fourth-order valence-corrected chi connectivity index (χ4v) is 4.07. The van der Waals surface area contributed by atoms with Gasteiger partial charge < -0.3 is 14.7 Å². The van der Waals surface area contributed by atoms with Crippen LogP contribution in [0.3, 0.4) is 0 Å². The second kappa shape index (κ2) is 7.68. The molecule has 0 saturated heterocycles. The van der Waals surface area contributed by atoms with Gasteiger partial charge in [0.15, 0.2) is 0 Å². The van der Waals surface area contributed by atoms with Crippen LogP contribution in [0.1, 0.15) is 6.92 Å². The van der Waals surface area contributed by atoms with Gasteiger partial charge >= 0.3 is 0 Å². The van der Waals surface area contributed by atoms with Crippen LogP contribution < -0.4 is 5.32 Å². The Labute approximate surface area is 176 Å². The number of nitrogens with one attached hydrogen (secondary N) is 2. The van der Waals surface area contributed by atoms with E-state index >= 15 is 0 Å². The van der Waals surface area contributed by atoms with E-state index in [1.165, 1.54) is 11.8 Å². The molecule has 1 atom stereocenters. The Balaban J connectivity index is 1.32. The molecular weight excluding hydrogens is 396 g/mol. The molecule has 2 N–H and O–H groups in total. The Bertz CT molecular complexity index is 1350. The molecule has 6 nitrogen and oxygen atoms in total. The molecule has 0 aliphatic heterocycles. The number of thioether (sulfide) groups is 1. The van der Waals surface area contributed by atoms with E-state index in [0.29, 0.717) is 11.1 Å². The van der Waals surface area contributed by atoms with Crippen molar-refractivity contribution in [3.63, 3.8) is 0 Å². The molecular formula is C23H18N4O2S. The minimum absolute atomic E-state index is 0.122. The average molecular weight is 414 g/mol. The highest BCUT2D eigenvalue weighted by molar-refractivity contribution is 8.00. The zero-order chi connectivity index (χ0) is 20.5. The number of benzene rings is 3. The SMILES string of the molecule is CC(Sc1nnc(-c2c[nH]c3ccccc23)o1)C(=O)Nc1cccc2ccccc12. The first-order valence-electron chi connectivity index (χ1n) is 9.54. The molecule has 1 unspecified atom stereocenters. The van der Waals surface area contributed by atoms with Crippen LogP contribution in [0.4, 0.5) is 5.69 Å². The minimum atomic E-state index is -0.403. The Kier molecular flexibility index (Phi) is 4.72. The number of carbonyl (C=O) groups is 1. The number of rotatable bonds is 5. The Morgan fingerprint density at radius 3 is 2.67 bits per heavy atom. The van der Waals surface area contributed by atoms with Gasteiger partial charge in [-0.25, -0.2) is 0 Å². The molecule has 0 saturated carbocycles. The molecule has 0 spiro atoms. The topological polar surface area (TPSA) is 83.8 Å². The molecule has 0 fully saturated rings. The van der Waals surface area contributed by atoms with Crippen molar-refractivity contribution in [3.05, 3.63) is 72.9 Å². The maximum Gasteiger partial charge on any atom is 0.277 e. The standard InChI is InChI=1S/C23H18N4O2S/c1-14(21(28)25-20-12-6-8-15-7-2-3-9-16(15)20)30-23-27-26-22(29-23)18-13-24-19-11-5-4-10-17(18)19/h2-14,24H,1H3,(H,25,28). The molecule has 0 aliphatic carbocycles. The summed E-state index contributed by atoms with van der Waals surface area (Å²) in [6.07, 6.45) is 1.85. The number of H-pyrrole nitrogens is 1. The molecule has 2 heterocycles. The fourth-order valence-electron chi connectivity index (χ4n) is 3.39. The molecule has 30 heavy (non-hydrogen) atoms. The summed E-state index contributed by atoms with van der Waals surface area (Å²) in [5.41, 5.74) is 2.64. The van der Waals surface area contributed by atoms with Gasteiger partial charge in [0.25, 0.3) is 11.1 Å². The average Bonchev–Trinajstić information content (AvgIpc) is 3.40. The van der Waals surface area contributed by atoms with E-state index in [2.05, 4.69) is 20.5 Å². The Morgan fingerprint density at radius 2 is 1.77 bits per heavy atom. The van der Waals surface area contributed by atoms with Gasteiger partial charge in [-0.1, -0.05) is 66.4 Å². The van der Waals surface area contributed by atoms with Gasteiger partial charge in [0.05, 0.1) is 10.8 Å². The van der Waals surface area contributed by atoms with Gasteiger partial charge in [-0.05, 0) is 24.4 Å². The summed E-state index contributed by atoms with van der Waals surface area (Å²) >= 11 is 1.24. The number of amides is 1. The largest absolute Gasteiger partial charge is 0.411 e. The van der Waals surface area contributed by atoms with Gasteiger partial charge in [0.2, 0.25) is 5.91 Å². The first-order chi connectivity index (χ1) is 14.7. The summed E-state index contributed by atoms with van der Waals surface area (Å²) in [6, 6.07) is 21.7. The highest BCUT2D eigenvalue weighted by Crippen LogP contribution is 2.31. The van der Waals surface area contributed by atoms with E-state index in [4.69, 9.17) is 4.42 Å². The van der Waals surface area contributed by atoms with Crippen molar-refractivity contribution in [2.75, 3.05) is 5.32 Å². The monoisotopic (exact) mass is 414 g/mol. The predicted octanol–water partition coefficient (Wildman–Crippen LogP) is 5.49. The lowest BCUT2D eigenvalue weighted by molar-refractivity contribution is -0.115. The summed E-state index contributed by atoms with van der Waals surface area (Å²) < 4.78 is 5.82. The number of hydrogen-bond acceptors (Lipinski definition) is 5. The fraction of sp³-hybridized carbons (Fsp3) is 0.0870. The van der Waals surface area contributed by atoms with Crippen LogP contribution in [0.25, 0.3) is 33.1 Å². The number of carbonyl (C=O) groups excluding carboxylic acids is 1. The van der Waals surface area contributed by atoms with Crippen molar-refractivity contribution in [3.8, 4) is 11.5 Å². The molecule has 5 rings (SSSR count). The number of aromatic amines is 1. The maximum absolute atomic E-state index is 12.7. The number of anilines is 1. The summed E-state index contributed by atoms with van der Waals surface area (Å²) in [5, 5.41) is 14.3. The first kappa shape index (κ1) is 18.4. The number of fused-ring (bicyclic) bond motifs is 2. The normalized spacial score (nSPS) is 12.3. The zero-order valence-corrected chi connectivity index (χ0v) is 16.9. The number of para-hydroxylation sites is 1. The minimum Gasteiger partial charge on any atom is -0.411 e. The zero-order valence-electron chi connectivity index (χ0n) is 16.1. The quantitative estimate of drug-likeness (QED) is 0.372. The molecule has 148 valence electrons. The molecule has 5 aromatic rings. The van der Waals surface area contributed by atoms with Crippen LogP contribution in [0.5, 0.6) is 0 Å². The molecule has 3 aromatic carbocycles. The first-order valence-corrected chi connectivity index (χ1v) is 10.4. The number of hydrogen-bond donors (Lipinski definition) is 2. The van der Waals surface area contributed by atoms with Crippen molar-refractivity contribution in [1.82, 2.24) is 15.2 Å². The van der Waals surface area contributed by atoms with E-state index in [1.54, 1.807) is 0 Å². The Hall–Kier alpha value is -3.58. The van der Waals surface area contributed by atoms with Gasteiger partial charge in [0.1, 0.15) is 0 Å². The molecule has 2 aromatic heterocycles. The third-order valence-electron chi connectivity index (χ3n) is 4.92. The van der Waals surface area contributed by atoms with Crippen LogP contribution >= 0.6 is 11.8 Å². The van der Waals surface area contributed by atoms with Crippen molar-refractivity contribution in [2.45, 2.75) is 17.4 Å². The lowest BCUT2D eigenvalue weighted by atomic mass is 10.1. The van der Waals surface area contributed by atoms with E-state index < -0.39 is 5.25 Å². The van der Waals surface area contributed by atoms with Crippen molar-refractivity contribution < 1.29 is 9.21 Å². The van der Waals surface area contributed by atoms with Gasteiger partial charge in [-0.15, -0.1) is 10.2 Å². The van der Waals surface area contributed by atoms with Crippen LogP contribution in [0.2, 0.25) is 0 Å². The molecule has 1 amide bonds. The van der Waals surface area contributed by atoms with Crippen molar-refractivity contribution in [2.24, 2.45) is 0 Å². The van der Waals surface area contributed by atoms with E-state index in [1.807, 2.05) is 79.9 Å². The van der Waals surface area contributed by atoms with Gasteiger partial charge in [0, 0.05) is 28.2 Å². The number of nitrogens with zero attached hydrogens (tertiary/aromatic N) is 2. The predicted molar refractivity (Wildman–Crippen MR) is 119 cm³/mol. The number of aromatic nitrogens is 3. The summed E-state index contributed by atoms with van der Waals surface area (Å²) in [6.45, 7) is 1.82. The van der Waals surface area contributed by atoms with Crippen molar-refractivity contribution in [1.29, 1.82) is 0 Å². The van der Waals surface area contributed by atoms with E-state index in [-0.39, 0.29) is 5.91 Å². The molecule has 0 radical (unpaired) electrons. The Morgan fingerprint density at radius 1 is 1.00 bits per heavy atom. The van der Waals surface area contributed by atoms with Crippen molar-refractivity contribution >= 4 is 45.0 Å². The third-order valence-corrected chi connectivity index (χ3v) is 5.85. The van der Waals surface area contributed by atoms with Gasteiger partial charge in [-0.3, -0.25) is 4.79 Å². The highest BCUT2D eigenvalue weighted by Gasteiger charge is 2.20. The summed E-state index contributed by atoms with van der Waals surface area (Å²) in [7, 11) is 0. The van der Waals surface area contributed by atoms with Crippen LogP contribution in [0, 0.1) is 0 Å². The lowest BCUT2D eigenvalue weighted by Crippen LogP contribution is -2.22. The molecule has 7 heteroatoms. The smallest absolute Gasteiger partial charge is 0.277 e. The molecule has 0 bridgehead atoms. The van der Waals surface area contributed by atoms with Gasteiger partial charge in [-0.2, -0.15) is 0 Å². The third kappa shape index (κ3) is 3.44. The van der Waals surface area contributed by atoms with Crippen LogP contribution in [0.15, 0.2) is 82.6 Å². The maximum atomic E-state index is 12.7. The lowest BCUT2D eigenvalue weighted by Gasteiger charge is -2.12.